The van der Waals surface area contributed by atoms with E-state index in [0.717, 1.165) is 18.7 Å². The summed E-state index contributed by atoms with van der Waals surface area (Å²) in [6, 6.07) is 9.16. The highest BCUT2D eigenvalue weighted by Gasteiger charge is 2.29. The van der Waals surface area contributed by atoms with Crippen molar-refractivity contribution in [3.8, 4) is 0 Å². The molecule has 0 saturated heterocycles. The van der Waals surface area contributed by atoms with Gasteiger partial charge in [0.2, 0.25) is 0 Å². The molecule has 19 heavy (non-hydrogen) atoms. The highest BCUT2D eigenvalue weighted by atomic mass is 16.3. The third-order valence-electron chi connectivity index (χ3n) is 4.04. The summed E-state index contributed by atoms with van der Waals surface area (Å²) in [7, 11) is 0. The molecule has 1 atom stereocenters. The van der Waals surface area contributed by atoms with Crippen LogP contribution in [0, 0.1) is 0 Å². The Bertz CT molecular complexity index is 400. The molecule has 0 aliphatic heterocycles. The summed E-state index contributed by atoms with van der Waals surface area (Å²) in [6.45, 7) is 10.6. The third-order valence-corrected chi connectivity index (χ3v) is 4.04. The number of hydrogen-bond acceptors (Lipinski definition) is 2. The Kier molecular flexibility index (Phi) is 4.32. The Morgan fingerprint density at radius 3 is 2.21 bits per heavy atom. The first-order chi connectivity index (χ1) is 8.91. The SMILES string of the molecule is CCN(CC(O)c1ccc(C(C)(C)C)cc1)C1CC1. The summed E-state index contributed by atoms with van der Waals surface area (Å²) in [5.74, 6) is 0. The fourth-order valence-corrected chi connectivity index (χ4v) is 2.51. The van der Waals surface area contributed by atoms with Crippen molar-refractivity contribution in [1.82, 2.24) is 4.90 Å². The smallest absolute Gasteiger partial charge is 0.0917 e. The van der Waals surface area contributed by atoms with Crippen molar-refractivity contribution < 1.29 is 5.11 Å². The van der Waals surface area contributed by atoms with Gasteiger partial charge in [0.1, 0.15) is 0 Å². The lowest BCUT2D eigenvalue weighted by atomic mass is 9.86. The lowest BCUT2D eigenvalue weighted by molar-refractivity contribution is 0.112. The van der Waals surface area contributed by atoms with Gasteiger partial charge in [-0.1, -0.05) is 52.0 Å². The van der Waals surface area contributed by atoms with Crippen LogP contribution < -0.4 is 0 Å². The molecular formula is C17H27NO. The monoisotopic (exact) mass is 261 g/mol. The molecule has 1 aromatic rings. The number of hydrogen-bond donors (Lipinski definition) is 1. The van der Waals surface area contributed by atoms with Crippen LogP contribution in [0.2, 0.25) is 0 Å². The quantitative estimate of drug-likeness (QED) is 0.877. The fourth-order valence-electron chi connectivity index (χ4n) is 2.51. The molecule has 1 fully saturated rings. The van der Waals surface area contributed by atoms with Gasteiger partial charge < -0.3 is 5.11 Å². The van der Waals surface area contributed by atoms with Crippen molar-refractivity contribution >= 4 is 0 Å². The standard InChI is InChI=1S/C17H27NO/c1-5-18(15-10-11-15)12-16(19)13-6-8-14(9-7-13)17(2,3)4/h6-9,15-16,19H,5,10-12H2,1-4H3. The van der Waals surface area contributed by atoms with Crippen molar-refractivity contribution in [2.45, 2.75) is 58.1 Å². The average molecular weight is 261 g/mol. The van der Waals surface area contributed by atoms with E-state index >= 15 is 0 Å². The zero-order chi connectivity index (χ0) is 14.0. The fraction of sp³-hybridized carbons (Fsp3) is 0.647. The van der Waals surface area contributed by atoms with Gasteiger partial charge in [-0.15, -0.1) is 0 Å². The minimum Gasteiger partial charge on any atom is -0.387 e. The maximum absolute atomic E-state index is 10.4. The van der Waals surface area contributed by atoms with Crippen molar-refractivity contribution in [2.75, 3.05) is 13.1 Å². The second-order valence-corrected chi connectivity index (χ2v) is 6.71. The molecule has 0 bridgehead atoms. The molecule has 0 amide bonds. The number of rotatable bonds is 5. The highest BCUT2D eigenvalue weighted by Crippen LogP contribution is 2.29. The van der Waals surface area contributed by atoms with Crippen LogP contribution in [-0.2, 0) is 5.41 Å². The second kappa shape index (κ2) is 5.64. The van der Waals surface area contributed by atoms with Crippen LogP contribution in [0.1, 0.15) is 57.8 Å². The molecular weight excluding hydrogens is 234 g/mol. The molecule has 1 aliphatic rings. The number of aliphatic hydroxyl groups excluding tert-OH is 1. The Labute approximate surface area is 117 Å². The molecule has 2 rings (SSSR count). The maximum atomic E-state index is 10.4. The summed E-state index contributed by atoms with van der Waals surface area (Å²) in [5.41, 5.74) is 2.53. The third kappa shape index (κ3) is 3.80. The molecule has 0 radical (unpaired) electrons. The summed E-state index contributed by atoms with van der Waals surface area (Å²) in [4.78, 5) is 2.39. The lowest BCUT2D eigenvalue weighted by Crippen LogP contribution is -2.30. The predicted molar refractivity (Wildman–Crippen MR) is 80.4 cm³/mol. The Morgan fingerprint density at radius 2 is 1.79 bits per heavy atom. The number of likely N-dealkylation sites (N-methyl/N-ethyl adjacent to an activating group) is 1. The topological polar surface area (TPSA) is 23.5 Å². The first kappa shape index (κ1) is 14.5. The number of aliphatic hydroxyl groups is 1. The molecule has 1 aromatic carbocycles. The van der Waals surface area contributed by atoms with E-state index in [1.165, 1.54) is 18.4 Å². The van der Waals surface area contributed by atoms with Crippen LogP contribution in [0.15, 0.2) is 24.3 Å². The highest BCUT2D eigenvalue weighted by molar-refractivity contribution is 5.28. The molecule has 1 aliphatic carbocycles. The van der Waals surface area contributed by atoms with Crippen molar-refractivity contribution in [3.05, 3.63) is 35.4 Å². The van der Waals surface area contributed by atoms with E-state index in [4.69, 9.17) is 0 Å². The van der Waals surface area contributed by atoms with Crippen LogP contribution in [-0.4, -0.2) is 29.1 Å². The Morgan fingerprint density at radius 1 is 1.21 bits per heavy atom. The zero-order valence-corrected chi connectivity index (χ0v) is 12.7. The van der Waals surface area contributed by atoms with Gasteiger partial charge in [0.15, 0.2) is 0 Å². The van der Waals surface area contributed by atoms with Gasteiger partial charge in [0, 0.05) is 12.6 Å². The van der Waals surface area contributed by atoms with Gasteiger partial charge in [-0.2, -0.15) is 0 Å². The van der Waals surface area contributed by atoms with E-state index in [1.54, 1.807) is 0 Å². The maximum Gasteiger partial charge on any atom is 0.0917 e. The summed E-state index contributed by atoms with van der Waals surface area (Å²) in [6.07, 6.45) is 2.22. The van der Waals surface area contributed by atoms with Crippen molar-refractivity contribution in [2.24, 2.45) is 0 Å². The molecule has 0 aromatic heterocycles. The van der Waals surface area contributed by atoms with Gasteiger partial charge >= 0.3 is 0 Å². The van der Waals surface area contributed by atoms with E-state index in [2.05, 4.69) is 56.9 Å². The zero-order valence-electron chi connectivity index (χ0n) is 12.7. The molecule has 106 valence electrons. The van der Waals surface area contributed by atoms with E-state index in [1.807, 2.05) is 0 Å². The molecule has 1 saturated carbocycles. The van der Waals surface area contributed by atoms with Gasteiger partial charge in [-0.25, -0.2) is 0 Å². The molecule has 2 heteroatoms. The van der Waals surface area contributed by atoms with Crippen LogP contribution in [0.3, 0.4) is 0 Å². The molecule has 2 nitrogen and oxygen atoms in total. The Balaban J connectivity index is 2.00. The van der Waals surface area contributed by atoms with Crippen molar-refractivity contribution in [3.63, 3.8) is 0 Å². The molecule has 0 spiro atoms. The first-order valence-electron chi connectivity index (χ1n) is 7.44. The van der Waals surface area contributed by atoms with E-state index in [0.29, 0.717) is 6.04 Å². The molecule has 1 N–H and O–H groups in total. The number of benzene rings is 1. The second-order valence-electron chi connectivity index (χ2n) is 6.71. The van der Waals surface area contributed by atoms with E-state index < -0.39 is 0 Å². The molecule has 0 heterocycles. The average Bonchev–Trinajstić information content (AvgIpc) is 3.19. The summed E-state index contributed by atoms with van der Waals surface area (Å²) in [5, 5.41) is 10.4. The van der Waals surface area contributed by atoms with Gasteiger partial charge in [0.05, 0.1) is 6.10 Å². The minimum absolute atomic E-state index is 0.174. The molecule has 1 unspecified atom stereocenters. The van der Waals surface area contributed by atoms with Gasteiger partial charge in [-0.3, -0.25) is 4.90 Å². The van der Waals surface area contributed by atoms with Crippen molar-refractivity contribution in [1.29, 1.82) is 0 Å². The largest absolute Gasteiger partial charge is 0.387 e. The summed E-state index contributed by atoms with van der Waals surface area (Å²) < 4.78 is 0. The number of nitrogens with zero attached hydrogens (tertiary/aromatic N) is 1. The van der Waals surface area contributed by atoms with Gasteiger partial charge in [-0.05, 0) is 35.9 Å². The van der Waals surface area contributed by atoms with Crippen LogP contribution >= 0.6 is 0 Å². The first-order valence-corrected chi connectivity index (χ1v) is 7.44. The summed E-state index contributed by atoms with van der Waals surface area (Å²) >= 11 is 0. The normalized spacial score (nSPS) is 17.8. The minimum atomic E-state index is -0.366. The van der Waals surface area contributed by atoms with E-state index in [9.17, 15) is 5.11 Å². The predicted octanol–water partition coefficient (Wildman–Crippen LogP) is 3.50. The lowest BCUT2D eigenvalue weighted by Gasteiger charge is -2.24. The van der Waals surface area contributed by atoms with Gasteiger partial charge in [0.25, 0.3) is 0 Å². The Hall–Kier alpha value is -0.860. The van der Waals surface area contributed by atoms with Crippen LogP contribution in [0.4, 0.5) is 0 Å². The van der Waals surface area contributed by atoms with Crippen LogP contribution in [0.25, 0.3) is 0 Å². The van der Waals surface area contributed by atoms with E-state index in [-0.39, 0.29) is 11.5 Å². The van der Waals surface area contributed by atoms with Crippen LogP contribution in [0.5, 0.6) is 0 Å².